The first-order valence-corrected chi connectivity index (χ1v) is 7.26. The van der Waals surface area contributed by atoms with Crippen molar-refractivity contribution in [2.45, 2.75) is 25.4 Å². The number of aliphatic hydroxyl groups is 1. The van der Waals surface area contributed by atoms with Crippen molar-refractivity contribution in [1.82, 2.24) is 0 Å². The smallest absolute Gasteiger partial charge is 0.271 e. The maximum absolute atomic E-state index is 10.8. The van der Waals surface area contributed by atoms with Gasteiger partial charge in [-0.2, -0.15) is 5.26 Å². The molecule has 0 unspecified atom stereocenters. The third-order valence-electron chi connectivity index (χ3n) is 3.95. The Bertz CT molecular complexity index is 811. The Labute approximate surface area is 132 Å². The second-order valence-electron chi connectivity index (χ2n) is 5.38. The number of nitro benzene ring substituents is 1. The number of hydrogen-bond donors (Lipinski definition) is 1. The zero-order valence-electron chi connectivity index (χ0n) is 12.2. The summed E-state index contributed by atoms with van der Waals surface area (Å²) in [7, 11) is 0. The summed E-state index contributed by atoms with van der Waals surface area (Å²) in [6, 6.07) is 11.3. The molecule has 1 aliphatic rings. The maximum Gasteiger partial charge on any atom is 0.271 e. The van der Waals surface area contributed by atoms with Crippen LogP contribution in [0.4, 0.5) is 5.69 Å². The van der Waals surface area contributed by atoms with Gasteiger partial charge in [-0.25, -0.2) is 0 Å². The van der Waals surface area contributed by atoms with Crippen molar-refractivity contribution in [3.8, 4) is 17.6 Å². The lowest BCUT2D eigenvalue weighted by Crippen LogP contribution is -2.10. The molecule has 2 aromatic rings. The van der Waals surface area contributed by atoms with Gasteiger partial charge in [0.1, 0.15) is 23.1 Å². The number of benzene rings is 2. The number of ether oxygens (including phenoxy) is 1. The molecule has 1 aliphatic carbocycles. The van der Waals surface area contributed by atoms with E-state index in [9.17, 15) is 20.5 Å². The van der Waals surface area contributed by atoms with Crippen LogP contribution in [0.25, 0.3) is 0 Å². The van der Waals surface area contributed by atoms with Crippen molar-refractivity contribution in [2.24, 2.45) is 0 Å². The molecule has 0 heterocycles. The van der Waals surface area contributed by atoms with E-state index >= 15 is 0 Å². The molecular formula is C17H14N2O4. The summed E-state index contributed by atoms with van der Waals surface area (Å²) in [6.07, 6.45) is 1.86. The summed E-state index contributed by atoms with van der Waals surface area (Å²) in [6.45, 7) is 0. The number of non-ortho nitro benzene ring substituents is 1. The molecule has 0 aromatic heterocycles. The van der Waals surface area contributed by atoms with Gasteiger partial charge in [-0.3, -0.25) is 10.1 Å². The highest BCUT2D eigenvalue weighted by Gasteiger charge is 2.22. The molecule has 23 heavy (non-hydrogen) atoms. The molecule has 2 aromatic carbocycles. The van der Waals surface area contributed by atoms with Crippen LogP contribution >= 0.6 is 0 Å². The van der Waals surface area contributed by atoms with Crippen LogP contribution in [-0.2, 0) is 6.42 Å². The first kappa shape index (κ1) is 15.0. The highest BCUT2D eigenvalue weighted by molar-refractivity contribution is 5.53. The van der Waals surface area contributed by atoms with E-state index in [4.69, 9.17) is 4.74 Å². The summed E-state index contributed by atoms with van der Waals surface area (Å²) < 4.78 is 5.83. The van der Waals surface area contributed by atoms with Gasteiger partial charge >= 0.3 is 0 Å². The van der Waals surface area contributed by atoms with Crippen LogP contribution in [0.3, 0.4) is 0 Å². The fourth-order valence-electron chi connectivity index (χ4n) is 2.81. The average Bonchev–Trinajstić information content (AvgIpc) is 2.56. The van der Waals surface area contributed by atoms with Crippen molar-refractivity contribution in [1.29, 1.82) is 5.26 Å². The van der Waals surface area contributed by atoms with E-state index in [1.165, 1.54) is 18.2 Å². The monoisotopic (exact) mass is 310 g/mol. The van der Waals surface area contributed by atoms with Gasteiger partial charge in [0.2, 0.25) is 0 Å². The Kier molecular flexibility index (Phi) is 3.96. The minimum absolute atomic E-state index is 0.105. The molecule has 0 radical (unpaired) electrons. The normalized spacial score (nSPS) is 16.3. The quantitative estimate of drug-likeness (QED) is 0.689. The van der Waals surface area contributed by atoms with E-state index in [2.05, 4.69) is 0 Å². The molecule has 0 spiro atoms. The number of nitrogens with zero attached hydrogens (tertiary/aromatic N) is 2. The number of nitro groups is 1. The number of fused-ring (bicyclic) bond motifs is 1. The lowest BCUT2D eigenvalue weighted by molar-refractivity contribution is -0.384. The molecule has 0 aliphatic heterocycles. The van der Waals surface area contributed by atoms with Gasteiger partial charge in [-0.15, -0.1) is 0 Å². The van der Waals surface area contributed by atoms with Crippen molar-refractivity contribution >= 4 is 5.69 Å². The van der Waals surface area contributed by atoms with Crippen LogP contribution in [-0.4, -0.2) is 10.0 Å². The predicted octanol–water partition coefficient (Wildman–Crippen LogP) is 3.63. The van der Waals surface area contributed by atoms with Gasteiger partial charge in [0.15, 0.2) is 0 Å². The molecule has 1 N–H and O–H groups in total. The van der Waals surface area contributed by atoms with Crippen molar-refractivity contribution in [3.05, 3.63) is 63.2 Å². The lowest BCUT2D eigenvalue weighted by atomic mass is 9.89. The molecule has 0 amide bonds. The largest absolute Gasteiger partial charge is 0.456 e. The molecule has 1 atom stereocenters. The van der Waals surface area contributed by atoms with Gasteiger partial charge in [0.05, 0.1) is 11.0 Å². The zero-order valence-corrected chi connectivity index (χ0v) is 12.2. The molecule has 0 saturated carbocycles. The van der Waals surface area contributed by atoms with Crippen molar-refractivity contribution < 1.29 is 14.8 Å². The SMILES string of the molecule is N#Cc1cc([N+](=O)[O-])ccc1Oc1cccc2c1CCC[C@H]2O. The molecule has 3 rings (SSSR count). The minimum atomic E-state index is -0.550. The summed E-state index contributed by atoms with van der Waals surface area (Å²) in [5.41, 5.74) is 1.72. The lowest BCUT2D eigenvalue weighted by Gasteiger charge is -2.23. The Morgan fingerprint density at radius 3 is 2.87 bits per heavy atom. The topological polar surface area (TPSA) is 96.4 Å². The van der Waals surface area contributed by atoms with Gasteiger partial charge in [-0.1, -0.05) is 12.1 Å². The Morgan fingerprint density at radius 2 is 2.13 bits per heavy atom. The fraction of sp³-hybridized carbons (Fsp3) is 0.235. The summed E-state index contributed by atoms with van der Waals surface area (Å²) >= 11 is 0. The highest BCUT2D eigenvalue weighted by atomic mass is 16.6. The fourth-order valence-corrected chi connectivity index (χ4v) is 2.81. The molecule has 0 fully saturated rings. The standard InChI is InChI=1S/C17H14N2O4/c18-10-11-9-12(19(21)22)7-8-16(11)23-17-6-2-3-13-14(17)4-1-5-15(13)20/h2-3,6-9,15,20H,1,4-5H2/t15-/m1/s1. The number of aliphatic hydroxyl groups excluding tert-OH is 1. The summed E-state index contributed by atoms with van der Waals surface area (Å²) in [5.74, 6) is 0.846. The second-order valence-corrected chi connectivity index (χ2v) is 5.38. The Morgan fingerprint density at radius 1 is 1.30 bits per heavy atom. The molecule has 116 valence electrons. The third-order valence-corrected chi connectivity index (χ3v) is 3.95. The van der Waals surface area contributed by atoms with Crippen LogP contribution in [0.1, 0.15) is 35.6 Å². The van der Waals surface area contributed by atoms with Crippen LogP contribution in [0.15, 0.2) is 36.4 Å². The van der Waals surface area contributed by atoms with E-state index in [0.29, 0.717) is 5.75 Å². The molecular weight excluding hydrogens is 296 g/mol. The van der Waals surface area contributed by atoms with Crippen molar-refractivity contribution in [2.75, 3.05) is 0 Å². The Hall–Kier alpha value is -2.91. The molecule has 0 bridgehead atoms. The van der Waals surface area contributed by atoms with Crippen LogP contribution in [0, 0.1) is 21.4 Å². The zero-order chi connectivity index (χ0) is 16.4. The molecule has 0 saturated heterocycles. The van der Waals surface area contributed by atoms with Crippen LogP contribution < -0.4 is 4.74 Å². The number of nitriles is 1. The highest BCUT2D eigenvalue weighted by Crippen LogP contribution is 2.38. The second kappa shape index (κ2) is 6.07. The predicted molar refractivity (Wildman–Crippen MR) is 82.2 cm³/mol. The summed E-state index contributed by atoms with van der Waals surface area (Å²) in [5, 5.41) is 30.1. The Balaban J connectivity index is 1.99. The van der Waals surface area contributed by atoms with Crippen LogP contribution in [0.5, 0.6) is 11.5 Å². The van der Waals surface area contributed by atoms with E-state index in [1.54, 1.807) is 12.1 Å². The first-order valence-electron chi connectivity index (χ1n) is 7.26. The van der Waals surface area contributed by atoms with E-state index in [-0.39, 0.29) is 17.0 Å². The van der Waals surface area contributed by atoms with Gasteiger partial charge < -0.3 is 9.84 Å². The maximum atomic E-state index is 10.8. The van der Waals surface area contributed by atoms with Gasteiger partial charge in [0, 0.05) is 17.7 Å². The summed E-state index contributed by atoms with van der Waals surface area (Å²) in [4.78, 5) is 10.2. The minimum Gasteiger partial charge on any atom is -0.456 e. The third kappa shape index (κ3) is 2.87. The van der Waals surface area contributed by atoms with E-state index in [0.717, 1.165) is 30.4 Å². The number of rotatable bonds is 3. The van der Waals surface area contributed by atoms with E-state index < -0.39 is 11.0 Å². The average molecular weight is 310 g/mol. The first-order chi connectivity index (χ1) is 11.1. The van der Waals surface area contributed by atoms with Crippen LogP contribution in [0.2, 0.25) is 0 Å². The van der Waals surface area contributed by atoms with Gasteiger partial charge in [0.25, 0.3) is 5.69 Å². The molecule has 6 heteroatoms. The van der Waals surface area contributed by atoms with E-state index in [1.807, 2.05) is 12.1 Å². The number of hydrogen-bond acceptors (Lipinski definition) is 5. The van der Waals surface area contributed by atoms with Crippen molar-refractivity contribution in [3.63, 3.8) is 0 Å². The van der Waals surface area contributed by atoms with Gasteiger partial charge in [-0.05, 0) is 37.0 Å². The molecule has 6 nitrogen and oxygen atoms in total.